The molecule has 0 spiro atoms. The lowest BCUT2D eigenvalue weighted by atomic mass is 10.1. The smallest absolute Gasteiger partial charge is 0.314 e. The van der Waals surface area contributed by atoms with Crippen molar-refractivity contribution < 1.29 is 45.4 Å². The molecule has 8 rings (SSSR count). The van der Waals surface area contributed by atoms with Gasteiger partial charge in [0.05, 0.1) is 36.2 Å². The van der Waals surface area contributed by atoms with Crippen molar-refractivity contribution in [3.05, 3.63) is 114 Å². The van der Waals surface area contributed by atoms with Crippen molar-refractivity contribution in [1.82, 2.24) is 40.5 Å². The number of aryl methyl sites for hydroxylation is 2. The van der Waals surface area contributed by atoms with Crippen LogP contribution >= 0.6 is 46.4 Å². The molecule has 2 fully saturated rings. The number of urea groups is 2. The van der Waals surface area contributed by atoms with Gasteiger partial charge in [0.25, 0.3) is 0 Å². The maximum atomic E-state index is 13.3. The Kier molecular flexibility index (Phi) is 21.5. The minimum absolute atomic E-state index is 0.184. The molecule has 2 aliphatic heterocycles. The molecule has 4 aromatic rings. The maximum Gasteiger partial charge on any atom is 0.314 e. The van der Waals surface area contributed by atoms with Crippen LogP contribution < -0.4 is 40.2 Å². The first kappa shape index (κ1) is 59.9. The first-order chi connectivity index (χ1) is 37.4. The van der Waals surface area contributed by atoms with E-state index in [1.54, 1.807) is 48.5 Å². The fourth-order valence-corrected chi connectivity index (χ4v) is 14.2. The number of rotatable bonds is 27. The maximum absolute atomic E-state index is 13.3. The van der Waals surface area contributed by atoms with E-state index in [2.05, 4.69) is 40.5 Å². The number of unbranched alkanes of at least 4 members (excludes halogenated alkanes) is 1. The third-order valence-corrected chi connectivity index (χ3v) is 18.5. The number of hydrogen-bond donors (Lipinski definition) is 6. The second-order valence-corrected chi connectivity index (χ2v) is 25.3. The largest absolute Gasteiger partial charge is 0.485 e. The average Bonchev–Trinajstić information content (AvgIpc) is 4.26. The molecule has 78 heavy (non-hydrogen) atoms. The highest BCUT2D eigenvalue weighted by atomic mass is 35.5. The molecule has 0 saturated carbocycles. The van der Waals surface area contributed by atoms with Gasteiger partial charge < -0.3 is 40.2 Å². The SMILES string of the molecule is Cc1cc(S(=O)(=O)N[C@@H]2CCN(CCOCCNC(=O)NCCCCNC(=O)NCCOCCN3CC[C@@H](NS(=O)(=O)c4ccc(O[C@@H]5CCc6c(Cl)cc(Cl)cc65)c(C)c4)C3)C2)ccc1O[C@@H]1CCc2c(Cl)cc(Cl)cc21. The van der Waals surface area contributed by atoms with E-state index in [1.165, 1.54) is 0 Å². The van der Waals surface area contributed by atoms with Gasteiger partial charge in [-0.25, -0.2) is 35.9 Å². The van der Waals surface area contributed by atoms with Crippen molar-refractivity contribution in [2.75, 3.05) is 91.9 Å². The quantitative estimate of drug-likeness (QED) is 0.0315. The highest BCUT2D eigenvalue weighted by Crippen LogP contribution is 2.42. The molecule has 426 valence electrons. The Morgan fingerprint density at radius 3 is 1.37 bits per heavy atom. The van der Waals surface area contributed by atoms with Crippen molar-refractivity contribution in [3.8, 4) is 11.5 Å². The predicted octanol–water partition coefficient (Wildman–Crippen LogP) is 7.87. The molecule has 2 heterocycles. The summed E-state index contributed by atoms with van der Waals surface area (Å²) in [6.45, 7) is 10.6. The van der Waals surface area contributed by atoms with Crippen molar-refractivity contribution >= 4 is 78.5 Å². The first-order valence-corrected chi connectivity index (χ1v) is 31.1. The number of likely N-dealkylation sites (tertiary alicyclic amines) is 2. The van der Waals surface area contributed by atoms with E-state index >= 15 is 0 Å². The Balaban J connectivity index is 0.592. The van der Waals surface area contributed by atoms with Crippen LogP contribution in [0.25, 0.3) is 0 Å². The summed E-state index contributed by atoms with van der Waals surface area (Å²) in [5, 5.41) is 13.5. The minimum atomic E-state index is -3.76. The molecule has 4 aromatic carbocycles. The van der Waals surface area contributed by atoms with E-state index in [0.29, 0.717) is 147 Å². The molecule has 0 unspecified atom stereocenters. The lowest BCUT2D eigenvalue weighted by Crippen LogP contribution is -2.39. The van der Waals surface area contributed by atoms with Crippen LogP contribution in [-0.4, -0.2) is 143 Å². The number of carbonyl (C=O) groups excluding carboxylic acids is 2. The zero-order valence-corrected chi connectivity index (χ0v) is 48.6. The Bertz CT molecular complexity index is 2780. The summed E-state index contributed by atoms with van der Waals surface area (Å²) in [5.41, 5.74) is 5.43. The molecule has 0 aromatic heterocycles. The van der Waals surface area contributed by atoms with E-state index in [9.17, 15) is 26.4 Å². The molecular weight excluding hydrogens is 1130 g/mol. The van der Waals surface area contributed by atoms with Gasteiger partial charge in [0.1, 0.15) is 23.7 Å². The van der Waals surface area contributed by atoms with E-state index in [1.807, 2.05) is 26.0 Å². The molecule has 2 aliphatic carbocycles. The molecule has 4 aliphatic rings. The normalized spacial score (nSPS) is 19.4. The zero-order valence-electron chi connectivity index (χ0n) is 43.9. The number of hydrogen-bond acceptors (Lipinski definition) is 12. The van der Waals surface area contributed by atoms with Gasteiger partial charge in [0, 0.05) is 84.5 Å². The fourth-order valence-electron chi connectivity index (χ4n) is 10.3. The number of halogens is 4. The summed E-state index contributed by atoms with van der Waals surface area (Å²) < 4.78 is 83.2. The molecule has 18 nitrogen and oxygen atoms in total. The minimum Gasteiger partial charge on any atom is -0.485 e. The Morgan fingerprint density at radius 1 is 0.551 bits per heavy atom. The molecule has 0 bridgehead atoms. The van der Waals surface area contributed by atoms with Gasteiger partial charge in [-0.05, 0) is 172 Å². The number of amides is 4. The second-order valence-electron chi connectivity index (χ2n) is 20.2. The number of sulfonamides is 2. The predicted molar refractivity (Wildman–Crippen MR) is 303 cm³/mol. The third-order valence-electron chi connectivity index (χ3n) is 14.4. The fraction of sp³-hybridized carbons (Fsp3) is 0.519. The zero-order chi connectivity index (χ0) is 55.4. The van der Waals surface area contributed by atoms with Crippen LogP contribution in [-0.2, 0) is 42.4 Å². The highest BCUT2D eigenvalue weighted by Gasteiger charge is 2.32. The van der Waals surface area contributed by atoms with Gasteiger partial charge in [-0.2, -0.15) is 0 Å². The molecule has 2 saturated heterocycles. The summed E-state index contributed by atoms with van der Waals surface area (Å²) in [6.07, 6.45) is 5.37. The van der Waals surface area contributed by atoms with Crippen LogP contribution in [0.3, 0.4) is 0 Å². The molecular formula is C54H70Cl4N8O10S2. The Labute approximate surface area is 478 Å². The topological polar surface area (TPSA) is 218 Å². The first-order valence-electron chi connectivity index (χ1n) is 26.6. The molecule has 4 amide bonds. The highest BCUT2D eigenvalue weighted by molar-refractivity contribution is 7.89. The van der Waals surface area contributed by atoms with Crippen LogP contribution in [0.2, 0.25) is 20.1 Å². The van der Waals surface area contributed by atoms with Crippen LogP contribution in [0.4, 0.5) is 9.59 Å². The monoisotopic (exact) mass is 1190 g/mol. The summed E-state index contributed by atoms with van der Waals surface area (Å²) in [5.74, 6) is 1.22. The lowest BCUT2D eigenvalue weighted by molar-refractivity contribution is 0.113. The van der Waals surface area contributed by atoms with E-state index < -0.39 is 20.0 Å². The van der Waals surface area contributed by atoms with Gasteiger partial charge in [0.2, 0.25) is 20.0 Å². The lowest BCUT2D eigenvalue weighted by Gasteiger charge is -2.19. The number of fused-ring (bicyclic) bond motifs is 2. The van der Waals surface area contributed by atoms with Gasteiger partial charge in [-0.15, -0.1) is 0 Å². The van der Waals surface area contributed by atoms with Gasteiger partial charge in [0.15, 0.2) is 0 Å². The number of nitrogens with one attached hydrogen (secondary N) is 6. The van der Waals surface area contributed by atoms with E-state index in [-0.39, 0.29) is 46.1 Å². The molecule has 0 radical (unpaired) electrons. The Hall–Kier alpha value is -4.16. The van der Waals surface area contributed by atoms with Crippen LogP contribution in [0.1, 0.15) is 84.1 Å². The summed E-state index contributed by atoms with van der Waals surface area (Å²) in [6, 6.07) is 16.0. The van der Waals surface area contributed by atoms with Gasteiger partial charge in [-0.3, -0.25) is 9.80 Å². The van der Waals surface area contributed by atoms with Crippen LogP contribution in [0.5, 0.6) is 11.5 Å². The summed E-state index contributed by atoms with van der Waals surface area (Å²) in [7, 11) is -7.51. The van der Waals surface area contributed by atoms with Crippen LogP contribution in [0.15, 0.2) is 70.5 Å². The third kappa shape index (κ3) is 16.7. The van der Waals surface area contributed by atoms with E-state index in [4.69, 9.17) is 65.4 Å². The average molecular weight is 1200 g/mol. The van der Waals surface area contributed by atoms with Crippen molar-refractivity contribution in [2.24, 2.45) is 0 Å². The second kappa shape index (κ2) is 28.0. The van der Waals surface area contributed by atoms with Gasteiger partial charge in [-0.1, -0.05) is 46.4 Å². The van der Waals surface area contributed by atoms with Crippen molar-refractivity contribution in [1.29, 1.82) is 0 Å². The summed E-state index contributed by atoms with van der Waals surface area (Å²) >= 11 is 25.3. The number of ether oxygens (including phenoxy) is 4. The number of nitrogens with zero attached hydrogens (tertiary/aromatic N) is 2. The van der Waals surface area contributed by atoms with Gasteiger partial charge >= 0.3 is 12.1 Å². The van der Waals surface area contributed by atoms with Crippen LogP contribution in [0, 0.1) is 13.8 Å². The number of carbonyl (C=O) groups is 2. The standard InChI is InChI=1S/C54H70Cl4N8O10S2/c1-35-27-41(5-9-49(35)75-51-11-7-43-45(51)29-37(55)31-47(43)57)77(69,70)63-39-13-19-65(33-39)21-25-73-23-17-61-53(67)59-15-3-4-16-60-54(68)62-18-24-74-26-22-66-20-14-40(34-66)64-78(71,72)42-6-10-50(36(2)28-42)76-52-12-8-44-46(52)30-38(56)32-48(44)58/h5-6,9-10,27-32,39-40,51-52,63-64H,3-4,7-8,11-26,33-34H2,1-2H3,(H2,59,61,67)(H2,60,62,68)/t39-,40-,51-,52-/m1/s1. The number of benzene rings is 4. The Morgan fingerprint density at radius 2 is 0.962 bits per heavy atom. The van der Waals surface area contributed by atoms with Crippen molar-refractivity contribution in [2.45, 2.75) is 99.3 Å². The van der Waals surface area contributed by atoms with Crippen molar-refractivity contribution in [3.63, 3.8) is 0 Å². The molecule has 6 N–H and O–H groups in total. The van der Waals surface area contributed by atoms with E-state index in [0.717, 1.165) is 61.0 Å². The molecule has 24 heteroatoms. The molecule has 4 atom stereocenters. The summed E-state index contributed by atoms with van der Waals surface area (Å²) in [4.78, 5) is 29.1.